The van der Waals surface area contributed by atoms with Gasteiger partial charge in [0.15, 0.2) is 11.8 Å². The third-order valence-electron chi connectivity index (χ3n) is 5.13. The zero-order valence-corrected chi connectivity index (χ0v) is 17.7. The monoisotopic (exact) mass is 462 g/mol. The third-order valence-corrected chi connectivity index (χ3v) is 5.13. The maximum Gasteiger partial charge on any atom is 0.193 e. The number of ether oxygens (including phenoxy) is 1. The molecule has 0 aromatic carbocycles. The largest absolute Gasteiger partial charge is 0.381 e. The molecule has 0 unspecified atom stereocenters. The summed E-state index contributed by atoms with van der Waals surface area (Å²) in [5.41, 5.74) is 0. The van der Waals surface area contributed by atoms with Crippen molar-refractivity contribution in [3.63, 3.8) is 0 Å². The first-order chi connectivity index (χ1) is 11.8. The van der Waals surface area contributed by atoms with Gasteiger partial charge in [-0.2, -0.15) is 0 Å². The van der Waals surface area contributed by atoms with Gasteiger partial charge in [0.25, 0.3) is 0 Å². The van der Waals surface area contributed by atoms with Crippen LogP contribution < -0.4 is 5.32 Å². The molecule has 0 aliphatic carbocycles. The number of hydrogen-bond donors (Lipinski definition) is 1. The summed E-state index contributed by atoms with van der Waals surface area (Å²) in [6.45, 7) is 4.57. The summed E-state index contributed by atoms with van der Waals surface area (Å²) in [5, 5.41) is 12.1. The van der Waals surface area contributed by atoms with Gasteiger partial charge in [-0.25, -0.2) is 0 Å². The average Bonchev–Trinajstić information content (AvgIpc) is 3.05. The number of guanidine groups is 1. The molecule has 2 aliphatic heterocycles. The molecular formula is C17H31IN6O. The lowest BCUT2D eigenvalue weighted by Crippen LogP contribution is -2.40. The van der Waals surface area contributed by atoms with Crippen molar-refractivity contribution in [2.45, 2.75) is 51.6 Å². The highest BCUT2D eigenvalue weighted by atomic mass is 127. The lowest BCUT2D eigenvalue weighted by atomic mass is 9.96. The second kappa shape index (κ2) is 10.3. The molecule has 142 valence electrons. The number of halogens is 1. The minimum Gasteiger partial charge on any atom is -0.381 e. The molecule has 8 heteroatoms. The fourth-order valence-corrected chi connectivity index (χ4v) is 3.56. The number of nitrogens with one attached hydrogen (secondary N) is 1. The van der Waals surface area contributed by atoms with Crippen molar-refractivity contribution in [1.29, 1.82) is 0 Å². The van der Waals surface area contributed by atoms with Crippen LogP contribution in [0.2, 0.25) is 0 Å². The third kappa shape index (κ3) is 5.54. The van der Waals surface area contributed by atoms with Crippen LogP contribution in [0.15, 0.2) is 4.99 Å². The highest BCUT2D eigenvalue weighted by Gasteiger charge is 2.17. The molecule has 0 radical (unpaired) electrons. The fraction of sp³-hybridized carbons (Fsp3) is 0.824. The van der Waals surface area contributed by atoms with Crippen LogP contribution in [0.3, 0.4) is 0 Å². The Hall–Kier alpha value is -0.900. The Bertz CT molecular complexity index is 555. The van der Waals surface area contributed by atoms with Crippen molar-refractivity contribution >= 4 is 29.9 Å². The molecular weight excluding hydrogens is 431 g/mol. The summed E-state index contributed by atoms with van der Waals surface area (Å²) >= 11 is 0. The van der Waals surface area contributed by atoms with E-state index in [0.717, 1.165) is 56.3 Å². The minimum atomic E-state index is 0. The number of fused-ring (bicyclic) bond motifs is 1. The van der Waals surface area contributed by atoms with Gasteiger partial charge in [-0.15, -0.1) is 34.2 Å². The fourth-order valence-electron chi connectivity index (χ4n) is 3.56. The molecule has 2 aliphatic rings. The molecule has 1 aromatic rings. The summed E-state index contributed by atoms with van der Waals surface area (Å²) in [4.78, 5) is 6.62. The Morgan fingerprint density at radius 2 is 2.12 bits per heavy atom. The average molecular weight is 462 g/mol. The Labute approximate surface area is 167 Å². The summed E-state index contributed by atoms with van der Waals surface area (Å²) < 4.78 is 7.69. The van der Waals surface area contributed by atoms with E-state index in [2.05, 4.69) is 37.0 Å². The predicted molar refractivity (Wildman–Crippen MR) is 109 cm³/mol. The van der Waals surface area contributed by atoms with Gasteiger partial charge in [0.05, 0.1) is 6.54 Å². The van der Waals surface area contributed by atoms with Crippen molar-refractivity contribution in [3.05, 3.63) is 11.6 Å². The van der Waals surface area contributed by atoms with E-state index in [1.165, 1.54) is 32.1 Å². The molecule has 1 aromatic heterocycles. The predicted octanol–water partition coefficient (Wildman–Crippen LogP) is 2.06. The maximum absolute atomic E-state index is 5.44. The molecule has 1 saturated heterocycles. The van der Waals surface area contributed by atoms with E-state index in [9.17, 15) is 0 Å². The van der Waals surface area contributed by atoms with Gasteiger partial charge < -0.3 is 19.5 Å². The van der Waals surface area contributed by atoms with Crippen molar-refractivity contribution in [1.82, 2.24) is 25.0 Å². The van der Waals surface area contributed by atoms with Gasteiger partial charge in [-0.3, -0.25) is 4.99 Å². The summed E-state index contributed by atoms with van der Waals surface area (Å²) in [6.07, 6.45) is 7.06. The van der Waals surface area contributed by atoms with Crippen molar-refractivity contribution in [2.24, 2.45) is 10.9 Å². The zero-order chi connectivity index (χ0) is 16.8. The topological polar surface area (TPSA) is 67.6 Å². The van der Waals surface area contributed by atoms with Crippen LogP contribution in [0.1, 0.15) is 43.8 Å². The number of nitrogens with zero attached hydrogens (tertiary/aromatic N) is 5. The van der Waals surface area contributed by atoms with Crippen LogP contribution in [-0.4, -0.2) is 59.5 Å². The number of aromatic nitrogens is 3. The molecule has 7 nitrogen and oxygen atoms in total. The maximum atomic E-state index is 5.44. The first-order valence-electron chi connectivity index (χ1n) is 9.18. The molecule has 0 amide bonds. The van der Waals surface area contributed by atoms with Gasteiger partial charge in [0.1, 0.15) is 5.82 Å². The van der Waals surface area contributed by atoms with Crippen molar-refractivity contribution in [3.8, 4) is 0 Å². The molecule has 0 bridgehead atoms. The highest BCUT2D eigenvalue weighted by molar-refractivity contribution is 14.0. The lowest BCUT2D eigenvalue weighted by molar-refractivity contribution is 0.0625. The van der Waals surface area contributed by atoms with Gasteiger partial charge in [0, 0.05) is 46.8 Å². The minimum absolute atomic E-state index is 0. The van der Waals surface area contributed by atoms with Crippen molar-refractivity contribution in [2.75, 3.05) is 33.9 Å². The molecule has 3 heterocycles. The first kappa shape index (κ1) is 20.4. The zero-order valence-electron chi connectivity index (χ0n) is 15.4. The SMILES string of the molecule is CN=C(NCc1nnc2n1CCCC2)N(C)CCC1CCOCC1.I. The molecule has 1 N–H and O–H groups in total. The Balaban J connectivity index is 0.00000225. The molecule has 0 atom stereocenters. The van der Waals surface area contributed by atoms with Crippen LogP contribution in [0.25, 0.3) is 0 Å². The van der Waals surface area contributed by atoms with Gasteiger partial charge >= 0.3 is 0 Å². The van der Waals surface area contributed by atoms with E-state index in [1.807, 2.05) is 7.05 Å². The summed E-state index contributed by atoms with van der Waals surface area (Å²) in [6, 6.07) is 0. The van der Waals surface area contributed by atoms with Gasteiger partial charge in [-0.05, 0) is 38.0 Å². The standard InChI is InChI=1S/C17H30N6O.HI/c1-18-17(22(2)10-6-14-7-11-24-12-8-14)19-13-16-21-20-15-5-3-4-9-23(15)16;/h14H,3-13H2,1-2H3,(H,18,19);1H. The molecule has 0 spiro atoms. The molecule has 0 saturated carbocycles. The van der Waals surface area contributed by atoms with E-state index < -0.39 is 0 Å². The smallest absolute Gasteiger partial charge is 0.193 e. The van der Waals surface area contributed by atoms with Crippen molar-refractivity contribution < 1.29 is 4.74 Å². The van der Waals surface area contributed by atoms with E-state index in [1.54, 1.807) is 0 Å². The quantitative estimate of drug-likeness (QED) is 0.412. The van der Waals surface area contributed by atoms with Crippen LogP contribution in [-0.2, 0) is 24.2 Å². The second-order valence-corrected chi connectivity index (χ2v) is 6.81. The Kier molecular flexibility index (Phi) is 8.41. The second-order valence-electron chi connectivity index (χ2n) is 6.81. The highest BCUT2D eigenvalue weighted by Crippen LogP contribution is 2.18. The van der Waals surface area contributed by atoms with Crippen LogP contribution in [0, 0.1) is 5.92 Å². The van der Waals surface area contributed by atoms with E-state index in [-0.39, 0.29) is 24.0 Å². The van der Waals surface area contributed by atoms with Crippen LogP contribution >= 0.6 is 24.0 Å². The first-order valence-corrected chi connectivity index (χ1v) is 9.18. The molecule has 25 heavy (non-hydrogen) atoms. The van der Waals surface area contributed by atoms with Crippen LogP contribution in [0.5, 0.6) is 0 Å². The van der Waals surface area contributed by atoms with Gasteiger partial charge in [-0.1, -0.05) is 0 Å². The number of aliphatic imine (C=N–C) groups is 1. The van der Waals surface area contributed by atoms with E-state index >= 15 is 0 Å². The van der Waals surface area contributed by atoms with Gasteiger partial charge in [0.2, 0.25) is 0 Å². The van der Waals surface area contributed by atoms with E-state index in [4.69, 9.17) is 4.74 Å². The molecule has 1 fully saturated rings. The van der Waals surface area contributed by atoms with Crippen LogP contribution in [0.4, 0.5) is 0 Å². The number of aryl methyl sites for hydroxylation is 1. The Morgan fingerprint density at radius 3 is 2.88 bits per heavy atom. The Morgan fingerprint density at radius 1 is 1.32 bits per heavy atom. The number of rotatable bonds is 5. The lowest BCUT2D eigenvalue weighted by Gasteiger charge is -2.26. The summed E-state index contributed by atoms with van der Waals surface area (Å²) in [7, 11) is 3.94. The number of hydrogen-bond acceptors (Lipinski definition) is 4. The normalized spacial score (nSPS) is 18.4. The molecule has 3 rings (SSSR count). The summed E-state index contributed by atoms with van der Waals surface area (Å²) in [5.74, 6) is 3.85. The van der Waals surface area contributed by atoms with E-state index in [0.29, 0.717) is 6.54 Å².